The lowest BCUT2D eigenvalue weighted by Gasteiger charge is -2.27. The Morgan fingerprint density at radius 1 is 1.36 bits per heavy atom. The summed E-state index contributed by atoms with van der Waals surface area (Å²) < 4.78 is 0. The number of carbonyl (C=O) groups excluding carboxylic acids is 1. The second-order valence-electron chi connectivity index (χ2n) is 6.20. The second kappa shape index (κ2) is 7.76. The molecular formula is C18H21N3O3S. The van der Waals surface area contributed by atoms with Crippen molar-refractivity contribution in [2.45, 2.75) is 25.8 Å². The Balaban J connectivity index is 1.80. The number of nitro groups is 1. The first-order valence-electron chi connectivity index (χ1n) is 8.37. The van der Waals surface area contributed by atoms with E-state index in [2.05, 4.69) is 21.7 Å². The molecule has 1 aromatic heterocycles. The number of thiophene rings is 1. The molecule has 25 heavy (non-hydrogen) atoms. The van der Waals surface area contributed by atoms with Gasteiger partial charge in [0.25, 0.3) is 5.69 Å². The minimum atomic E-state index is -0.440. The summed E-state index contributed by atoms with van der Waals surface area (Å²) in [5, 5.41) is 16.7. The van der Waals surface area contributed by atoms with Crippen LogP contribution in [-0.2, 0) is 0 Å². The minimum absolute atomic E-state index is 0.0564. The highest BCUT2D eigenvalue weighted by Gasteiger charge is 2.25. The highest BCUT2D eigenvalue weighted by Crippen LogP contribution is 2.31. The topological polar surface area (TPSA) is 75.5 Å². The zero-order chi connectivity index (χ0) is 17.8. The third-order valence-electron chi connectivity index (χ3n) is 4.54. The van der Waals surface area contributed by atoms with Crippen LogP contribution >= 0.6 is 11.3 Å². The fraction of sp³-hybridized carbons (Fsp3) is 0.389. The van der Waals surface area contributed by atoms with Gasteiger partial charge < -0.3 is 5.32 Å². The van der Waals surface area contributed by atoms with Crippen molar-refractivity contribution in [3.8, 4) is 0 Å². The van der Waals surface area contributed by atoms with Gasteiger partial charge in [0.15, 0.2) is 5.78 Å². The number of ketones is 1. The van der Waals surface area contributed by atoms with E-state index in [4.69, 9.17) is 0 Å². The van der Waals surface area contributed by atoms with Crippen LogP contribution in [0.3, 0.4) is 0 Å². The number of likely N-dealkylation sites (tertiary alicyclic amines) is 1. The van der Waals surface area contributed by atoms with Gasteiger partial charge in [0.05, 0.1) is 11.0 Å². The van der Waals surface area contributed by atoms with Crippen molar-refractivity contribution in [3.63, 3.8) is 0 Å². The van der Waals surface area contributed by atoms with E-state index in [1.54, 1.807) is 23.5 Å². The SMILES string of the molecule is CC(=O)c1ccc(NCC(c2cccs2)N2CCCC2)c([N+](=O)[O-])c1. The van der Waals surface area contributed by atoms with Crippen LogP contribution in [0.2, 0.25) is 0 Å². The molecular weight excluding hydrogens is 338 g/mol. The zero-order valence-electron chi connectivity index (χ0n) is 14.1. The third kappa shape index (κ3) is 4.05. The van der Waals surface area contributed by atoms with Gasteiger partial charge in [0.1, 0.15) is 5.69 Å². The first-order valence-corrected chi connectivity index (χ1v) is 9.25. The van der Waals surface area contributed by atoms with Gasteiger partial charge in [-0.2, -0.15) is 0 Å². The van der Waals surface area contributed by atoms with E-state index in [0.29, 0.717) is 17.8 Å². The fourth-order valence-electron chi connectivity index (χ4n) is 3.20. The fourth-order valence-corrected chi connectivity index (χ4v) is 4.06. The van der Waals surface area contributed by atoms with E-state index in [9.17, 15) is 14.9 Å². The van der Waals surface area contributed by atoms with Crippen LogP contribution in [0.1, 0.15) is 41.0 Å². The maximum Gasteiger partial charge on any atom is 0.293 e. The Hall–Kier alpha value is -2.25. The maximum atomic E-state index is 11.5. The number of benzene rings is 1. The summed E-state index contributed by atoms with van der Waals surface area (Å²) in [5.74, 6) is -0.178. The van der Waals surface area contributed by atoms with E-state index in [-0.39, 0.29) is 17.5 Å². The molecule has 0 bridgehead atoms. The molecule has 2 aromatic rings. The molecule has 2 heterocycles. The Bertz CT molecular complexity index is 755. The second-order valence-corrected chi connectivity index (χ2v) is 7.18. The molecule has 1 N–H and O–H groups in total. The first-order chi connectivity index (χ1) is 12.1. The molecule has 0 spiro atoms. The number of nitrogens with one attached hydrogen (secondary N) is 1. The molecule has 1 aliphatic rings. The number of carbonyl (C=O) groups is 1. The Labute approximate surface area is 150 Å². The van der Waals surface area contributed by atoms with Crippen LogP contribution in [0.4, 0.5) is 11.4 Å². The normalized spacial score (nSPS) is 15.9. The number of Topliss-reactive ketones (excluding diaryl/α,β-unsaturated/α-hetero) is 1. The van der Waals surface area contributed by atoms with Crippen molar-refractivity contribution in [2.75, 3.05) is 25.0 Å². The Morgan fingerprint density at radius 3 is 2.72 bits per heavy atom. The quantitative estimate of drug-likeness (QED) is 0.457. The maximum absolute atomic E-state index is 11.5. The van der Waals surface area contributed by atoms with E-state index in [0.717, 1.165) is 13.1 Å². The van der Waals surface area contributed by atoms with Crippen molar-refractivity contribution >= 4 is 28.5 Å². The number of nitro benzene ring substituents is 1. The van der Waals surface area contributed by atoms with Crippen molar-refractivity contribution in [1.29, 1.82) is 0 Å². The Morgan fingerprint density at radius 2 is 2.12 bits per heavy atom. The molecule has 0 amide bonds. The van der Waals surface area contributed by atoms with Crippen LogP contribution in [0, 0.1) is 10.1 Å². The molecule has 1 aliphatic heterocycles. The van der Waals surface area contributed by atoms with E-state index < -0.39 is 4.92 Å². The van der Waals surface area contributed by atoms with E-state index in [1.165, 1.54) is 30.7 Å². The standard InChI is InChI=1S/C18H21N3O3S/c1-13(22)14-6-7-15(16(11-14)21(23)24)19-12-17(18-5-4-10-25-18)20-8-2-3-9-20/h4-7,10-11,17,19H,2-3,8-9,12H2,1H3. The van der Waals surface area contributed by atoms with Gasteiger partial charge in [-0.25, -0.2) is 0 Å². The predicted octanol–water partition coefficient (Wildman–Crippen LogP) is 4.11. The molecule has 7 heteroatoms. The molecule has 1 atom stereocenters. The molecule has 1 unspecified atom stereocenters. The highest BCUT2D eigenvalue weighted by molar-refractivity contribution is 7.10. The summed E-state index contributed by atoms with van der Waals surface area (Å²) >= 11 is 1.71. The molecule has 1 aromatic carbocycles. The lowest BCUT2D eigenvalue weighted by atomic mass is 10.1. The molecule has 1 fully saturated rings. The van der Waals surface area contributed by atoms with E-state index >= 15 is 0 Å². The van der Waals surface area contributed by atoms with Gasteiger partial charge in [-0.1, -0.05) is 6.07 Å². The van der Waals surface area contributed by atoms with Gasteiger partial charge in [0.2, 0.25) is 0 Å². The Kier molecular flexibility index (Phi) is 5.45. The van der Waals surface area contributed by atoms with Crippen LogP contribution < -0.4 is 5.32 Å². The molecule has 0 radical (unpaired) electrons. The van der Waals surface area contributed by atoms with Gasteiger partial charge in [0, 0.05) is 23.1 Å². The zero-order valence-corrected chi connectivity index (χ0v) is 14.9. The van der Waals surface area contributed by atoms with Crippen LogP contribution in [0.5, 0.6) is 0 Å². The number of hydrogen-bond acceptors (Lipinski definition) is 6. The average molecular weight is 359 g/mol. The summed E-state index contributed by atoms with van der Waals surface area (Å²) in [6.45, 7) is 4.11. The molecule has 3 rings (SSSR count). The smallest absolute Gasteiger partial charge is 0.293 e. The lowest BCUT2D eigenvalue weighted by molar-refractivity contribution is -0.384. The lowest BCUT2D eigenvalue weighted by Crippen LogP contribution is -2.30. The van der Waals surface area contributed by atoms with Crippen LogP contribution in [0.15, 0.2) is 35.7 Å². The molecule has 1 saturated heterocycles. The number of hydrogen-bond donors (Lipinski definition) is 1. The molecule has 0 saturated carbocycles. The summed E-state index contributed by atoms with van der Waals surface area (Å²) in [5.41, 5.74) is 0.751. The first kappa shape index (κ1) is 17.6. The summed E-state index contributed by atoms with van der Waals surface area (Å²) in [7, 11) is 0. The van der Waals surface area contributed by atoms with E-state index in [1.807, 2.05) is 6.07 Å². The van der Waals surface area contributed by atoms with Crippen molar-refractivity contribution in [3.05, 3.63) is 56.3 Å². The van der Waals surface area contributed by atoms with Gasteiger partial charge in [-0.15, -0.1) is 11.3 Å². The summed E-state index contributed by atoms with van der Waals surface area (Å²) in [6, 6.07) is 8.96. The average Bonchev–Trinajstić information content (AvgIpc) is 3.29. The molecule has 0 aliphatic carbocycles. The largest absolute Gasteiger partial charge is 0.378 e. The highest BCUT2D eigenvalue weighted by atomic mass is 32.1. The third-order valence-corrected chi connectivity index (χ3v) is 5.51. The molecule has 6 nitrogen and oxygen atoms in total. The van der Waals surface area contributed by atoms with Crippen LogP contribution in [-0.4, -0.2) is 35.2 Å². The summed E-state index contributed by atoms with van der Waals surface area (Å²) in [4.78, 5) is 26.1. The summed E-state index contributed by atoms with van der Waals surface area (Å²) in [6.07, 6.45) is 2.38. The van der Waals surface area contributed by atoms with Crippen LogP contribution in [0.25, 0.3) is 0 Å². The van der Waals surface area contributed by atoms with Gasteiger partial charge >= 0.3 is 0 Å². The van der Waals surface area contributed by atoms with Crippen molar-refractivity contribution in [1.82, 2.24) is 4.90 Å². The number of rotatable bonds is 7. The van der Waals surface area contributed by atoms with Gasteiger partial charge in [-0.3, -0.25) is 19.8 Å². The van der Waals surface area contributed by atoms with Gasteiger partial charge in [-0.05, 0) is 56.4 Å². The molecule has 132 valence electrons. The van der Waals surface area contributed by atoms with Crippen molar-refractivity contribution < 1.29 is 9.72 Å². The monoisotopic (exact) mass is 359 g/mol. The minimum Gasteiger partial charge on any atom is -0.378 e. The predicted molar refractivity (Wildman–Crippen MR) is 99.5 cm³/mol. The number of nitrogens with zero attached hydrogens (tertiary/aromatic N) is 2. The van der Waals surface area contributed by atoms with Crippen molar-refractivity contribution in [2.24, 2.45) is 0 Å². The number of anilines is 1.